The van der Waals surface area contributed by atoms with Gasteiger partial charge in [-0.15, -0.1) is 0 Å². The molecular weight excluding hydrogens is 951 g/mol. The zero-order valence-electron chi connectivity index (χ0n) is 50.2. The Hall–Kier alpha value is -1.11. The molecule has 0 aromatic rings. The Morgan fingerprint density at radius 1 is 0.447 bits per heavy atom. The minimum Gasteiger partial charge on any atom is -0.394 e. The Morgan fingerprint density at radius 3 is 1.07 bits per heavy atom. The number of ether oxygens (including phenoxy) is 2. The number of carbonyl (C=O) groups is 1. The van der Waals surface area contributed by atoms with E-state index in [1.807, 2.05) is 6.08 Å². The van der Waals surface area contributed by atoms with Crippen molar-refractivity contribution in [3.05, 3.63) is 12.2 Å². The molecule has 1 aliphatic heterocycles. The van der Waals surface area contributed by atoms with Crippen LogP contribution in [0.5, 0.6) is 0 Å². The number of unbranched alkanes of at least 4 members (excludes halogenated alkanes) is 48. The molecule has 7 N–H and O–H groups in total. The molecule has 0 aromatic carbocycles. The van der Waals surface area contributed by atoms with Gasteiger partial charge in [0.25, 0.3) is 0 Å². The van der Waals surface area contributed by atoms with E-state index >= 15 is 0 Å². The molecule has 76 heavy (non-hydrogen) atoms. The molecule has 1 aliphatic rings. The Morgan fingerprint density at radius 2 is 0.750 bits per heavy atom. The number of amides is 1. The van der Waals surface area contributed by atoms with Crippen LogP contribution in [0.1, 0.15) is 341 Å². The highest BCUT2D eigenvalue weighted by atomic mass is 16.7. The quantitative estimate of drug-likeness (QED) is 0.0232. The third-order valence-corrected chi connectivity index (χ3v) is 16.5. The van der Waals surface area contributed by atoms with Gasteiger partial charge < -0.3 is 45.4 Å². The highest BCUT2D eigenvalue weighted by Crippen LogP contribution is 2.23. The first-order valence-electron chi connectivity index (χ1n) is 33.5. The van der Waals surface area contributed by atoms with E-state index in [2.05, 4.69) is 19.2 Å². The summed E-state index contributed by atoms with van der Waals surface area (Å²) in [6, 6.07) is -0.977. The standard InChI is InChI=1S/C66H129NO9/c1-3-5-7-9-11-13-15-17-19-20-21-22-23-24-25-26-27-28-29-30-31-32-33-34-35-36-37-38-39-41-43-45-47-49-51-53-55-60(70)65(74)67-58(57-75-66-64(73)63(72)62(71)61(56-68)76-66)59(69)54-52-50-48-46-44-42-40-18-16-14-12-10-8-6-4-2/h52,54,58-64,66,68-73H,3-51,53,55-57H2,1-2H3,(H,67,74)/b54-52+. The lowest BCUT2D eigenvalue weighted by molar-refractivity contribution is -0.302. The lowest BCUT2D eigenvalue weighted by Crippen LogP contribution is -2.60. The molecule has 1 rings (SSSR count). The predicted octanol–water partition coefficient (Wildman–Crippen LogP) is 16.5. The Balaban J connectivity index is 2.08. The molecule has 8 atom stereocenters. The van der Waals surface area contributed by atoms with Gasteiger partial charge >= 0.3 is 0 Å². The molecule has 0 radical (unpaired) electrons. The molecule has 10 heteroatoms. The van der Waals surface area contributed by atoms with Gasteiger partial charge in [-0.2, -0.15) is 0 Å². The van der Waals surface area contributed by atoms with E-state index in [4.69, 9.17) is 9.47 Å². The van der Waals surface area contributed by atoms with Crippen molar-refractivity contribution in [2.75, 3.05) is 13.2 Å². The number of hydrogen-bond acceptors (Lipinski definition) is 9. The second-order valence-electron chi connectivity index (χ2n) is 23.8. The van der Waals surface area contributed by atoms with Crippen LogP contribution < -0.4 is 5.32 Å². The third kappa shape index (κ3) is 43.7. The van der Waals surface area contributed by atoms with Crippen molar-refractivity contribution in [1.82, 2.24) is 5.32 Å². The van der Waals surface area contributed by atoms with Gasteiger partial charge in [-0.1, -0.05) is 334 Å². The third-order valence-electron chi connectivity index (χ3n) is 16.5. The molecule has 1 amide bonds. The molecule has 1 heterocycles. The van der Waals surface area contributed by atoms with Crippen molar-refractivity contribution in [2.45, 2.75) is 390 Å². The Kier molecular flexibility index (Phi) is 53.5. The molecule has 452 valence electrons. The van der Waals surface area contributed by atoms with Crippen LogP contribution in [0.2, 0.25) is 0 Å². The monoisotopic (exact) mass is 1080 g/mol. The van der Waals surface area contributed by atoms with Crippen LogP contribution in [0.25, 0.3) is 0 Å². The number of nitrogens with one attached hydrogen (secondary N) is 1. The van der Waals surface area contributed by atoms with E-state index in [1.165, 1.54) is 276 Å². The molecule has 0 bridgehead atoms. The average Bonchev–Trinajstić information content (AvgIpc) is 3.42. The number of carbonyl (C=O) groups excluding carboxylic acids is 1. The van der Waals surface area contributed by atoms with Crippen LogP contribution >= 0.6 is 0 Å². The van der Waals surface area contributed by atoms with Crippen LogP contribution in [0.15, 0.2) is 12.2 Å². The van der Waals surface area contributed by atoms with Gasteiger partial charge in [-0.25, -0.2) is 0 Å². The largest absolute Gasteiger partial charge is 0.394 e. The van der Waals surface area contributed by atoms with E-state index in [9.17, 15) is 35.4 Å². The lowest BCUT2D eigenvalue weighted by atomic mass is 9.99. The van der Waals surface area contributed by atoms with E-state index in [1.54, 1.807) is 6.08 Å². The predicted molar refractivity (Wildman–Crippen MR) is 320 cm³/mol. The SMILES string of the molecule is CCCCCCCCCCCCCCC/C=C/C(O)C(COC1OC(CO)C(O)C(O)C1O)NC(=O)C(O)CCCCCCCCCCCCCCCCCCCCCCCCCCCCCCCCCCCCCC. The van der Waals surface area contributed by atoms with Gasteiger partial charge in [0.1, 0.15) is 30.5 Å². The number of hydrogen-bond donors (Lipinski definition) is 7. The number of allylic oxidation sites excluding steroid dienone is 1. The van der Waals surface area contributed by atoms with Crippen LogP contribution in [0.3, 0.4) is 0 Å². The molecule has 1 saturated heterocycles. The fourth-order valence-electron chi connectivity index (χ4n) is 11.1. The Bertz CT molecular complexity index is 1220. The van der Waals surface area contributed by atoms with Crippen molar-refractivity contribution >= 4 is 5.91 Å². The summed E-state index contributed by atoms with van der Waals surface area (Å²) in [5.41, 5.74) is 0. The molecule has 0 aromatic heterocycles. The van der Waals surface area contributed by atoms with Crippen molar-refractivity contribution in [2.24, 2.45) is 0 Å². The number of aliphatic hydroxyl groups is 6. The number of rotatable bonds is 59. The molecule has 0 saturated carbocycles. The second-order valence-corrected chi connectivity index (χ2v) is 23.8. The minimum absolute atomic E-state index is 0.300. The van der Waals surface area contributed by atoms with E-state index in [-0.39, 0.29) is 6.61 Å². The van der Waals surface area contributed by atoms with E-state index in [0.29, 0.717) is 6.42 Å². The minimum atomic E-state index is -1.61. The summed E-state index contributed by atoms with van der Waals surface area (Å²) >= 11 is 0. The maximum Gasteiger partial charge on any atom is 0.249 e. The van der Waals surface area contributed by atoms with Gasteiger partial charge in [0, 0.05) is 0 Å². The number of aliphatic hydroxyl groups excluding tert-OH is 6. The van der Waals surface area contributed by atoms with Gasteiger partial charge in [0.15, 0.2) is 6.29 Å². The summed E-state index contributed by atoms with van der Waals surface area (Å²) in [7, 11) is 0. The van der Waals surface area contributed by atoms with Crippen LogP contribution in [-0.4, -0.2) is 98.7 Å². The normalized spacial score (nSPS) is 19.2. The van der Waals surface area contributed by atoms with Crippen molar-refractivity contribution in [3.63, 3.8) is 0 Å². The molecule has 10 nitrogen and oxygen atoms in total. The summed E-state index contributed by atoms with van der Waals surface area (Å²) in [5, 5.41) is 65.1. The van der Waals surface area contributed by atoms with E-state index < -0.39 is 61.5 Å². The summed E-state index contributed by atoms with van der Waals surface area (Å²) in [5.74, 6) is -0.609. The zero-order chi connectivity index (χ0) is 55.2. The van der Waals surface area contributed by atoms with Crippen molar-refractivity contribution in [3.8, 4) is 0 Å². The summed E-state index contributed by atoms with van der Waals surface area (Å²) in [6.07, 6.45) is 60.8. The first kappa shape index (κ1) is 72.9. The highest BCUT2D eigenvalue weighted by Gasteiger charge is 2.44. The van der Waals surface area contributed by atoms with Gasteiger partial charge in [0.2, 0.25) is 5.91 Å². The Labute approximate surface area is 469 Å². The molecule has 8 unspecified atom stereocenters. The lowest BCUT2D eigenvalue weighted by Gasteiger charge is -2.40. The van der Waals surface area contributed by atoms with Crippen LogP contribution in [0.4, 0.5) is 0 Å². The molecule has 0 aliphatic carbocycles. The average molecular weight is 1080 g/mol. The molecule has 1 fully saturated rings. The van der Waals surface area contributed by atoms with Crippen LogP contribution in [-0.2, 0) is 14.3 Å². The maximum absolute atomic E-state index is 13.2. The highest BCUT2D eigenvalue weighted by molar-refractivity contribution is 5.80. The summed E-state index contributed by atoms with van der Waals surface area (Å²) in [4.78, 5) is 13.2. The summed E-state index contributed by atoms with van der Waals surface area (Å²) < 4.78 is 11.2. The maximum atomic E-state index is 13.2. The van der Waals surface area contributed by atoms with Gasteiger partial charge in [-0.05, 0) is 19.3 Å². The summed E-state index contributed by atoms with van der Waals surface area (Å²) in [6.45, 7) is 3.66. The first-order valence-corrected chi connectivity index (χ1v) is 33.5. The molecule has 0 spiro atoms. The fourth-order valence-corrected chi connectivity index (χ4v) is 11.1. The first-order chi connectivity index (χ1) is 37.3. The van der Waals surface area contributed by atoms with Crippen molar-refractivity contribution < 1.29 is 44.9 Å². The van der Waals surface area contributed by atoms with Gasteiger partial charge in [0.05, 0.1) is 25.4 Å². The van der Waals surface area contributed by atoms with Crippen LogP contribution in [0, 0.1) is 0 Å². The zero-order valence-corrected chi connectivity index (χ0v) is 50.2. The van der Waals surface area contributed by atoms with E-state index in [0.717, 1.165) is 44.9 Å². The molecular formula is C66H129NO9. The topological polar surface area (TPSA) is 169 Å². The smallest absolute Gasteiger partial charge is 0.249 e. The fraction of sp³-hybridized carbons (Fsp3) is 0.955. The second kappa shape index (κ2) is 55.8. The van der Waals surface area contributed by atoms with Crippen molar-refractivity contribution in [1.29, 1.82) is 0 Å². The van der Waals surface area contributed by atoms with Gasteiger partial charge in [-0.3, -0.25) is 4.79 Å².